The molecule has 0 aliphatic heterocycles. The maximum absolute atomic E-state index is 12.2. The Bertz CT molecular complexity index is 752. The molecule has 1 rings (SSSR count). The summed E-state index contributed by atoms with van der Waals surface area (Å²) >= 11 is 0. The molecule has 0 bridgehead atoms. The van der Waals surface area contributed by atoms with Gasteiger partial charge in [-0.1, -0.05) is 30.3 Å². The van der Waals surface area contributed by atoms with Crippen LogP contribution < -0.4 is 10.6 Å². The van der Waals surface area contributed by atoms with E-state index in [1.165, 1.54) is 0 Å². The zero-order chi connectivity index (χ0) is 22.5. The monoisotopic (exact) mass is 424 g/mol. The Morgan fingerprint density at radius 3 is 2.10 bits per heavy atom. The minimum Gasteiger partial charge on any atom is -0.469 e. The molecule has 0 saturated carbocycles. The first-order valence-corrected chi connectivity index (χ1v) is 8.78. The highest BCUT2D eigenvalue weighted by molar-refractivity contribution is 5.92. The summed E-state index contributed by atoms with van der Waals surface area (Å²) in [6.07, 6.45) is -1.39. The minimum absolute atomic E-state index is 0.00260. The number of methoxy groups -OCH3 is 3. The molecule has 0 radical (unpaired) electrons. The van der Waals surface area contributed by atoms with Crippen molar-refractivity contribution in [2.45, 2.75) is 19.1 Å². The van der Waals surface area contributed by atoms with Gasteiger partial charge in [-0.3, -0.25) is 14.4 Å². The molecule has 0 unspecified atom stereocenters. The third-order valence-corrected chi connectivity index (χ3v) is 3.90. The van der Waals surface area contributed by atoms with Crippen molar-refractivity contribution in [3.05, 3.63) is 35.9 Å². The third-order valence-electron chi connectivity index (χ3n) is 3.90. The average molecular weight is 424 g/mol. The highest BCUT2D eigenvalue weighted by Gasteiger charge is 2.38. The number of carbonyl (C=O) groups is 5. The Labute approximate surface area is 173 Å². The number of ether oxygens (including phenoxy) is 4. The van der Waals surface area contributed by atoms with Crippen molar-refractivity contribution in [1.82, 2.24) is 10.6 Å². The van der Waals surface area contributed by atoms with Crippen molar-refractivity contribution < 1.29 is 42.9 Å². The van der Waals surface area contributed by atoms with Crippen LogP contribution in [0.2, 0.25) is 0 Å². The van der Waals surface area contributed by atoms with Crippen LogP contribution in [0.25, 0.3) is 0 Å². The third kappa shape index (κ3) is 8.17. The van der Waals surface area contributed by atoms with Crippen LogP contribution in [0.1, 0.15) is 12.0 Å². The first-order valence-electron chi connectivity index (χ1n) is 8.78. The number of carbonyl (C=O) groups excluding carboxylic acids is 5. The lowest BCUT2D eigenvalue weighted by Gasteiger charge is -2.23. The van der Waals surface area contributed by atoms with Crippen molar-refractivity contribution in [3.63, 3.8) is 0 Å². The molecule has 2 atom stereocenters. The molecule has 0 aromatic heterocycles. The summed E-state index contributed by atoms with van der Waals surface area (Å²) in [6, 6.07) is 7.36. The number of hydrogen-bond donors (Lipinski definition) is 2. The van der Waals surface area contributed by atoms with Gasteiger partial charge in [0.2, 0.25) is 5.91 Å². The predicted octanol–water partition coefficient (Wildman–Crippen LogP) is -0.0771. The van der Waals surface area contributed by atoms with Crippen molar-refractivity contribution in [3.8, 4) is 0 Å². The van der Waals surface area contributed by atoms with E-state index in [1.54, 1.807) is 24.3 Å². The molecule has 2 N–H and O–H groups in total. The molecule has 0 saturated heterocycles. The van der Waals surface area contributed by atoms with Crippen LogP contribution in [0.15, 0.2) is 30.3 Å². The second-order valence-corrected chi connectivity index (χ2v) is 5.89. The zero-order valence-corrected chi connectivity index (χ0v) is 16.8. The van der Waals surface area contributed by atoms with Crippen molar-refractivity contribution >= 4 is 29.9 Å². The standard InChI is InChI=1S/C19H24N2O9/c1-27-15(23)9-13(17(24)28-2)16(18(25)29-3)21-14(22)10-20-19(26)30-11-12-7-5-4-6-8-12/h4-8,13,16H,9-11H2,1-3H3,(H,20,26)(H,21,22)/t13-,16+/m0/s1. The van der Waals surface area contributed by atoms with Crippen LogP contribution in [0, 0.1) is 5.92 Å². The maximum Gasteiger partial charge on any atom is 0.407 e. The number of nitrogens with one attached hydrogen (secondary N) is 2. The van der Waals surface area contributed by atoms with Crippen LogP contribution in [0.4, 0.5) is 4.79 Å². The molecule has 1 aromatic carbocycles. The van der Waals surface area contributed by atoms with Gasteiger partial charge in [0.15, 0.2) is 0 Å². The van der Waals surface area contributed by atoms with Gasteiger partial charge in [0, 0.05) is 0 Å². The van der Waals surface area contributed by atoms with Crippen molar-refractivity contribution in [1.29, 1.82) is 0 Å². The van der Waals surface area contributed by atoms with Gasteiger partial charge in [-0.2, -0.15) is 0 Å². The number of hydrogen-bond acceptors (Lipinski definition) is 9. The predicted molar refractivity (Wildman–Crippen MR) is 101 cm³/mol. The van der Waals surface area contributed by atoms with Crippen molar-refractivity contribution in [2.75, 3.05) is 27.9 Å². The van der Waals surface area contributed by atoms with Gasteiger partial charge in [-0.05, 0) is 5.56 Å². The lowest BCUT2D eigenvalue weighted by Crippen LogP contribution is -2.52. The van der Waals surface area contributed by atoms with Crippen LogP contribution in [0.3, 0.4) is 0 Å². The number of amides is 2. The molecule has 0 aliphatic carbocycles. The van der Waals surface area contributed by atoms with Gasteiger partial charge in [-0.15, -0.1) is 0 Å². The molecular formula is C19H24N2O9. The van der Waals surface area contributed by atoms with Gasteiger partial charge in [0.1, 0.15) is 19.2 Å². The van der Waals surface area contributed by atoms with Gasteiger partial charge >= 0.3 is 24.0 Å². The molecular weight excluding hydrogens is 400 g/mol. The Morgan fingerprint density at radius 1 is 0.900 bits per heavy atom. The second-order valence-electron chi connectivity index (χ2n) is 5.89. The van der Waals surface area contributed by atoms with Crippen molar-refractivity contribution in [2.24, 2.45) is 5.92 Å². The Kier molecular flexibility index (Phi) is 10.4. The van der Waals surface area contributed by atoms with Crippen LogP contribution >= 0.6 is 0 Å². The zero-order valence-electron chi connectivity index (χ0n) is 16.8. The largest absolute Gasteiger partial charge is 0.469 e. The van der Waals surface area contributed by atoms with E-state index in [0.717, 1.165) is 26.9 Å². The first kappa shape index (κ1) is 24.4. The molecule has 2 amide bonds. The summed E-state index contributed by atoms with van der Waals surface area (Å²) < 4.78 is 18.6. The second kappa shape index (κ2) is 12.8. The Balaban J connectivity index is 2.68. The Morgan fingerprint density at radius 2 is 1.53 bits per heavy atom. The first-order chi connectivity index (χ1) is 14.3. The maximum atomic E-state index is 12.2. The van der Waals surface area contributed by atoms with Gasteiger partial charge in [-0.25, -0.2) is 9.59 Å². The fourth-order valence-electron chi connectivity index (χ4n) is 2.35. The summed E-state index contributed by atoms with van der Waals surface area (Å²) in [5.41, 5.74) is 0.756. The average Bonchev–Trinajstić information content (AvgIpc) is 2.77. The lowest BCUT2D eigenvalue weighted by molar-refractivity contribution is -0.159. The molecule has 0 aliphatic rings. The molecule has 11 heteroatoms. The fraction of sp³-hybridized carbons (Fsp3) is 0.421. The molecule has 1 aromatic rings. The molecule has 0 spiro atoms. The molecule has 0 heterocycles. The van der Waals surface area contributed by atoms with E-state index in [1.807, 2.05) is 6.07 Å². The van der Waals surface area contributed by atoms with Crippen LogP contribution in [-0.4, -0.2) is 63.8 Å². The van der Waals surface area contributed by atoms with E-state index in [-0.39, 0.29) is 6.61 Å². The highest BCUT2D eigenvalue weighted by atomic mass is 16.6. The number of benzene rings is 1. The van der Waals surface area contributed by atoms with Crippen LogP contribution in [0.5, 0.6) is 0 Å². The molecule has 164 valence electrons. The van der Waals surface area contributed by atoms with E-state index < -0.39 is 54.8 Å². The quantitative estimate of drug-likeness (QED) is 0.389. The topological polar surface area (TPSA) is 146 Å². The van der Waals surface area contributed by atoms with Gasteiger partial charge in [0.25, 0.3) is 0 Å². The van der Waals surface area contributed by atoms with Gasteiger partial charge < -0.3 is 29.6 Å². The summed E-state index contributed by atoms with van der Waals surface area (Å²) in [6.45, 7) is -0.546. The molecule has 30 heavy (non-hydrogen) atoms. The SMILES string of the molecule is COC(=O)C[C@H](C(=O)OC)[C@@H](NC(=O)CNC(=O)OCc1ccccc1)C(=O)OC. The number of alkyl carbamates (subject to hydrolysis) is 1. The molecule has 11 nitrogen and oxygen atoms in total. The van der Waals surface area contributed by atoms with E-state index in [9.17, 15) is 24.0 Å². The number of rotatable bonds is 10. The molecule has 0 fully saturated rings. The van der Waals surface area contributed by atoms with E-state index >= 15 is 0 Å². The summed E-state index contributed by atoms with van der Waals surface area (Å²) in [5, 5.41) is 4.47. The summed E-state index contributed by atoms with van der Waals surface area (Å²) in [5.74, 6) is -4.90. The Hall–Kier alpha value is -3.63. The number of esters is 3. The van der Waals surface area contributed by atoms with Crippen LogP contribution in [-0.2, 0) is 44.7 Å². The van der Waals surface area contributed by atoms with E-state index in [2.05, 4.69) is 24.8 Å². The van der Waals surface area contributed by atoms with Gasteiger partial charge in [0.05, 0.1) is 33.7 Å². The summed E-state index contributed by atoms with van der Waals surface area (Å²) in [7, 11) is 3.22. The highest BCUT2D eigenvalue weighted by Crippen LogP contribution is 2.14. The smallest absolute Gasteiger partial charge is 0.407 e. The lowest BCUT2D eigenvalue weighted by atomic mass is 9.96. The fourth-order valence-corrected chi connectivity index (χ4v) is 2.35. The van der Waals surface area contributed by atoms with E-state index in [0.29, 0.717) is 0 Å². The van der Waals surface area contributed by atoms with E-state index in [4.69, 9.17) is 4.74 Å². The normalized spacial score (nSPS) is 12.0. The summed E-state index contributed by atoms with van der Waals surface area (Å²) in [4.78, 5) is 59.6. The minimum atomic E-state index is -1.53.